The zero-order valence-electron chi connectivity index (χ0n) is 23.8. The van der Waals surface area contributed by atoms with Gasteiger partial charge in [0, 0.05) is 32.1 Å². The van der Waals surface area contributed by atoms with Crippen LogP contribution >= 0.6 is 0 Å². The second-order valence-electron chi connectivity index (χ2n) is 9.98. The van der Waals surface area contributed by atoms with Crippen LogP contribution in [0.25, 0.3) is 0 Å². The summed E-state index contributed by atoms with van der Waals surface area (Å²) in [5, 5.41) is 36.8. The second-order valence-corrected chi connectivity index (χ2v) is 9.98. The molecule has 1 aliphatic heterocycles. The maximum Gasteiger partial charge on any atom is 0.336 e. The number of carbonyl (C=O) groups excluding carboxylic acids is 1. The van der Waals surface area contributed by atoms with Crippen LogP contribution in [0.5, 0.6) is 11.5 Å². The minimum absolute atomic E-state index is 0.154. The lowest BCUT2D eigenvalue weighted by molar-refractivity contribution is -0.170. The van der Waals surface area contributed by atoms with Gasteiger partial charge in [0.1, 0.15) is 12.4 Å². The van der Waals surface area contributed by atoms with Crippen LogP contribution < -0.4 is 14.8 Å². The molecule has 0 aliphatic carbocycles. The van der Waals surface area contributed by atoms with E-state index in [2.05, 4.69) is 16.1 Å². The minimum atomic E-state index is -2.74. The van der Waals surface area contributed by atoms with E-state index in [1.165, 1.54) is 13.0 Å². The molecule has 13 heteroatoms. The number of nitrogens with zero attached hydrogens (tertiary/aromatic N) is 1. The first-order valence-electron chi connectivity index (χ1n) is 13.1. The third-order valence-electron chi connectivity index (χ3n) is 6.75. The molecule has 0 spiro atoms. The Kier molecular flexibility index (Phi) is 12.5. The van der Waals surface area contributed by atoms with Gasteiger partial charge in [0.2, 0.25) is 5.91 Å². The Labute approximate surface area is 248 Å². The molecule has 0 aromatic heterocycles. The van der Waals surface area contributed by atoms with Gasteiger partial charge in [0.25, 0.3) is 0 Å². The van der Waals surface area contributed by atoms with Gasteiger partial charge in [-0.15, -0.1) is 6.42 Å². The number of rotatable bonds is 12. The van der Waals surface area contributed by atoms with Crippen molar-refractivity contribution in [1.82, 2.24) is 10.2 Å². The van der Waals surface area contributed by atoms with Gasteiger partial charge >= 0.3 is 17.9 Å². The lowest BCUT2D eigenvalue weighted by atomic mass is 9.80. The number of carbonyl (C=O) groups is 4. The van der Waals surface area contributed by atoms with Crippen LogP contribution in [-0.4, -0.2) is 81.5 Å². The number of hydrogen-bond acceptors (Lipinski definition) is 8. The molecule has 43 heavy (non-hydrogen) atoms. The maximum absolute atomic E-state index is 14.5. The number of halogens is 1. The number of hydrogen-bond donors (Lipinski definition) is 5. The predicted octanol–water partition coefficient (Wildman–Crippen LogP) is 2.23. The van der Waals surface area contributed by atoms with Crippen LogP contribution in [0.2, 0.25) is 0 Å². The number of piperidine rings is 1. The summed E-state index contributed by atoms with van der Waals surface area (Å²) in [4.78, 5) is 44.6. The summed E-state index contributed by atoms with van der Waals surface area (Å²) < 4.78 is 25.4. The van der Waals surface area contributed by atoms with Gasteiger partial charge in [-0.1, -0.05) is 30.2 Å². The first-order chi connectivity index (χ1) is 20.2. The molecule has 0 bridgehead atoms. The minimum Gasteiger partial charge on any atom is -0.493 e. The Morgan fingerprint density at radius 3 is 2.14 bits per heavy atom. The zero-order valence-corrected chi connectivity index (χ0v) is 23.8. The van der Waals surface area contributed by atoms with E-state index in [0.29, 0.717) is 29.9 Å². The van der Waals surface area contributed by atoms with Crippen molar-refractivity contribution in [2.24, 2.45) is 0 Å². The highest BCUT2D eigenvalue weighted by atomic mass is 19.1. The lowest BCUT2D eigenvalue weighted by Crippen LogP contribution is -2.52. The number of benzene rings is 2. The van der Waals surface area contributed by atoms with Crippen LogP contribution in [0.15, 0.2) is 42.5 Å². The summed E-state index contributed by atoms with van der Waals surface area (Å²) >= 11 is 0. The third-order valence-corrected chi connectivity index (χ3v) is 6.75. The van der Waals surface area contributed by atoms with Gasteiger partial charge < -0.3 is 35.2 Å². The lowest BCUT2D eigenvalue weighted by Gasteiger charge is -2.42. The molecule has 12 nitrogen and oxygen atoms in total. The summed E-state index contributed by atoms with van der Waals surface area (Å²) in [6, 6.07) is 12.5. The molecule has 1 amide bonds. The first-order valence-corrected chi connectivity index (χ1v) is 13.1. The Morgan fingerprint density at radius 2 is 1.65 bits per heavy atom. The molecule has 232 valence electrons. The van der Waals surface area contributed by atoms with Crippen LogP contribution in [0.1, 0.15) is 43.7 Å². The Morgan fingerprint density at radius 1 is 1.05 bits per heavy atom. The molecule has 2 aromatic carbocycles. The summed E-state index contributed by atoms with van der Waals surface area (Å²) in [7, 11) is 1.60. The number of amides is 1. The van der Waals surface area contributed by atoms with Crippen LogP contribution in [0, 0.1) is 18.2 Å². The molecule has 1 fully saturated rings. The molecule has 0 atom stereocenters. The van der Waals surface area contributed by atoms with Gasteiger partial charge in [-0.05, 0) is 36.6 Å². The monoisotopic (exact) mass is 602 g/mol. The highest BCUT2D eigenvalue weighted by Gasteiger charge is 2.41. The van der Waals surface area contributed by atoms with Crippen molar-refractivity contribution in [3.63, 3.8) is 0 Å². The fraction of sp³-hybridized carbons (Fsp3) is 0.400. The summed E-state index contributed by atoms with van der Waals surface area (Å²) in [6.07, 6.45) is 4.23. The molecule has 2 aromatic rings. The van der Waals surface area contributed by atoms with Crippen LogP contribution in [0.3, 0.4) is 0 Å². The maximum atomic E-state index is 14.5. The Bertz CT molecular complexity index is 1330. The fourth-order valence-electron chi connectivity index (χ4n) is 4.76. The van der Waals surface area contributed by atoms with E-state index < -0.39 is 41.9 Å². The fourth-order valence-corrected chi connectivity index (χ4v) is 4.76. The van der Waals surface area contributed by atoms with E-state index in [1.54, 1.807) is 19.2 Å². The van der Waals surface area contributed by atoms with Crippen molar-refractivity contribution < 1.29 is 53.5 Å². The number of methoxy groups -OCH3 is 1. The molecule has 0 saturated carbocycles. The number of likely N-dealkylation sites (tertiary alicyclic amines) is 1. The third kappa shape index (κ3) is 9.98. The summed E-state index contributed by atoms with van der Waals surface area (Å²) in [6.45, 7) is 3.84. The molecule has 1 heterocycles. The van der Waals surface area contributed by atoms with Crippen molar-refractivity contribution in [3.8, 4) is 23.8 Å². The smallest absolute Gasteiger partial charge is 0.336 e. The van der Waals surface area contributed by atoms with E-state index in [0.717, 1.165) is 25.2 Å². The molecule has 1 saturated heterocycles. The molecule has 0 unspecified atom stereocenters. The SMILES string of the molecule is C#CCOc1ccc(CN2CCC(NC(C)=O)(c3ccccc3F)CC2)cc1OC.O=C(O)CC(O)(CC(=O)O)C(=O)O. The molecule has 1 aliphatic rings. The van der Waals surface area contributed by atoms with Crippen molar-refractivity contribution in [1.29, 1.82) is 0 Å². The number of terminal acetylenes is 1. The topological polar surface area (TPSA) is 183 Å². The van der Waals surface area contributed by atoms with Gasteiger partial charge in [0.15, 0.2) is 17.1 Å². The number of nitrogens with one attached hydrogen (secondary N) is 1. The van der Waals surface area contributed by atoms with Gasteiger partial charge in [-0.25, -0.2) is 9.18 Å². The quantitative estimate of drug-likeness (QED) is 0.225. The van der Waals surface area contributed by atoms with E-state index in [1.807, 2.05) is 24.3 Å². The second kappa shape index (κ2) is 15.5. The van der Waals surface area contributed by atoms with Crippen LogP contribution in [-0.2, 0) is 31.3 Å². The Hall–Kier alpha value is -4.67. The number of aliphatic carboxylic acids is 3. The molecule has 0 radical (unpaired) electrons. The normalized spacial score (nSPS) is 14.3. The molecular weight excluding hydrogens is 567 g/mol. The largest absolute Gasteiger partial charge is 0.493 e. The van der Waals surface area contributed by atoms with Crippen molar-refractivity contribution >= 4 is 23.8 Å². The Balaban J connectivity index is 0.000000420. The number of carboxylic acid groups (broad SMARTS) is 3. The number of carboxylic acids is 3. The average molecular weight is 603 g/mol. The predicted molar refractivity (Wildman–Crippen MR) is 151 cm³/mol. The molecule has 5 N–H and O–H groups in total. The van der Waals surface area contributed by atoms with E-state index in [9.17, 15) is 23.6 Å². The van der Waals surface area contributed by atoms with E-state index >= 15 is 0 Å². The number of ether oxygens (including phenoxy) is 2. The van der Waals surface area contributed by atoms with Crippen molar-refractivity contribution in [2.45, 2.75) is 50.3 Å². The highest BCUT2D eigenvalue weighted by Crippen LogP contribution is 2.36. The van der Waals surface area contributed by atoms with Crippen LogP contribution in [0.4, 0.5) is 4.39 Å². The molecule has 3 rings (SSSR count). The average Bonchev–Trinajstić information content (AvgIpc) is 2.92. The van der Waals surface area contributed by atoms with Gasteiger partial charge in [-0.3, -0.25) is 19.3 Å². The standard InChI is InChI=1S/C24H27FN2O3.C6H8O7/c1-4-15-30-22-10-9-19(16-23(22)29-3)17-27-13-11-24(12-14-27,26-18(2)28)20-7-5-6-8-21(20)25;7-3(8)1-6(13,5(11)12)2-4(9)10/h1,5-10,16H,11-15,17H2,2-3H3,(H,26,28);13H,1-2H2,(H,7,8)(H,9,10)(H,11,12). The summed E-state index contributed by atoms with van der Waals surface area (Å²) in [5.74, 6) is -1.76. The van der Waals surface area contributed by atoms with E-state index in [-0.39, 0.29) is 18.3 Å². The number of aliphatic hydroxyl groups is 1. The van der Waals surface area contributed by atoms with Crippen molar-refractivity contribution in [3.05, 3.63) is 59.4 Å². The highest BCUT2D eigenvalue weighted by molar-refractivity contribution is 5.88. The van der Waals surface area contributed by atoms with Gasteiger partial charge in [-0.2, -0.15) is 0 Å². The van der Waals surface area contributed by atoms with E-state index in [4.69, 9.17) is 36.3 Å². The van der Waals surface area contributed by atoms with Crippen molar-refractivity contribution in [2.75, 3.05) is 26.8 Å². The molecular formula is C30H35FN2O10. The first kappa shape index (κ1) is 34.5. The van der Waals surface area contributed by atoms with Gasteiger partial charge in [0.05, 0.1) is 25.5 Å². The summed E-state index contributed by atoms with van der Waals surface area (Å²) in [5.41, 5.74) is -1.79. The zero-order chi connectivity index (χ0) is 32.2.